The SMILES string of the molecule is O=S(=O)(Cl)c1ccc(Cl)c(Cl)c1Cl.O=S(=O)(O)Cl. The maximum atomic E-state index is 10.9. The molecule has 1 N–H and O–H groups in total. The summed E-state index contributed by atoms with van der Waals surface area (Å²) in [5.41, 5.74) is 0. The number of hydrogen-bond donors (Lipinski definition) is 1. The van der Waals surface area contributed by atoms with E-state index >= 15 is 0 Å². The molecule has 0 aliphatic heterocycles. The summed E-state index contributed by atoms with van der Waals surface area (Å²) in [5, 5.41) is -0.00930. The second kappa shape index (κ2) is 6.81. The standard InChI is InChI=1S/C6H2Cl4O2S.ClHO3S/c7-3-1-2-4(13(10,11)12)6(9)5(3)8;1-5(2,3)4/h1-2H;(H,2,3,4). The van der Waals surface area contributed by atoms with Crippen LogP contribution in [0.15, 0.2) is 17.0 Å². The summed E-state index contributed by atoms with van der Waals surface area (Å²) in [5.74, 6) is 0. The van der Waals surface area contributed by atoms with Crippen LogP contribution >= 0.6 is 56.2 Å². The minimum Gasteiger partial charge on any atom is -0.273 e. The molecule has 0 unspecified atom stereocenters. The molecule has 1 aromatic carbocycles. The van der Waals surface area contributed by atoms with Crippen molar-refractivity contribution in [1.82, 2.24) is 0 Å². The maximum absolute atomic E-state index is 10.9. The molecular weight excluding hydrogens is 393 g/mol. The quantitative estimate of drug-likeness (QED) is 0.445. The Hall–Kier alpha value is 0.530. The molecule has 0 atom stereocenters. The Kier molecular flexibility index (Phi) is 7.01. The van der Waals surface area contributed by atoms with Gasteiger partial charge in [0.05, 0.1) is 15.1 Å². The highest BCUT2D eigenvalue weighted by atomic mass is 35.7. The summed E-state index contributed by atoms with van der Waals surface area (Å²) in [6, 6.07) is 2.50. The molecule has 0 fully saturated rings. The first kappa shape index (κ1) is 18.5. The van der Waals surface area contributed by atoms with Crippen LogP contribution in [0.5, 0.6) is 0 Å². The normalized spacial score (nSPS) is 11.7. The van der Waals surface area contributed by atoms with Crippen LogP contribution in [-0.2, 0) is 18.4 Å². The van der Waals surface area contributed by atoms with Crippen LogP contribution in [0.3, 0.4) is 0 Å². The van der Waals surface area contributed by atoms with Crippen LogP contribution < -0.4 is 0 Å². The third-order valence-corrected chi connectivity index (χ3v) is 4.03. The van der Waals surface area contributed by atoms with E-state index in [0.29, 0.717) is 0 Å². The van der Waals surface area contributed by atoms with Crippen LogP contribution in [0, 0.1) is 0 Å². The highest BCUT2D eigenvalue weighted by Crippen LogP contribution is 2.35. The van der Waals surface area contributed by atoms with E-state index in [-0.39, 0.29) is 20.0 Å². The fourth-order valence-electron chi connectivity index (χ4n) is 0.696. The monoisotopic (exact) mass is 394 g/mol. The maximum Gasteiger partial charge on any atom is 0.353 e. The Morgan fingerprint density at radius 3 is 1.61 bits per heavy atom. The summed E-state index contributed by atoms with van der Waals surface area (Å²) in [4.78, 5) is -0.245. The molecule has 1 aromatic rings. The van der Waals surface area contributed by atoms with Crippen molar-refractivity contribution in [2.45, 2.75) is 4.90 Å². The molecule has 12 heteroatoms. The van der Waals surface area contributed by atoms with Gasteiger partial charge in [-0.15, -0.1) is 0 Å². The molecule has 0 bridgehead atoms. The summed E-state index contributed by atoms with van der Waals surface area (Å²) < 4.78 is 47.0. The number of rotatable bonds is 1. The molecule has 0 aromatic heterocycles. The van der Waals surface area contributed by atoms with Crippen molar-refractivity contribution in [1.29, 1.82) is 0 Å². The molecule has 0 aliphatic rings. The summed E-state index contributed by atoms with van der Waals surface area (Å²) in [6.45, 7) is 0. The molecule has 104 valence electrons. The van der Waals surface area contributed by atoms with Crippen molar-refractivity contribution >= 4 is 74.6 Å². The molecule has 1 rings (SSSR count). The predicted molar refractivity (Wildman–Crippen MR) is 71.9 cm³/mol. The van der Waals surface area contributed by atoms with Crippen molar-refractivity contribution < 1.29 is 21.4 Å². The van der Waals surface area contributed by atoms with Gasteiger partial charge in [0.2, 0.25) is 0 Å². The number of benzene rings is 1. The van der Waals surface area contributed by atoms with E-state index in [1.807, 2.05) is 0 Å². The molecule has 0 radical (unpaired) electrons. The van der Waals surface area contributed by atoms with Crippen LogP contribution in [0.25, 0.3) is 0 Å². The van der Waals surface area contributed by atoms with E-state index in [0.717, 1.165) is 0 Å². The van der Waals surface area contributed by atoms with E-state index in [4.69, 9.17) is 58.5 Å². The Morgan fingerprint density at radius 1 is 0.889 bits per heavy atom. The van der Waals surface area contributed by atoms with Gasteiger partial charge in [-0.2, -0.15) is 8.42 Å². The van der Waals surface area contributed by atoms with Crippen LogP contribution in [0.4, 0.5) is 0 Å². The van der Waals surface area contributed by atoms with E-state index < -0.39 is 18.4 Å². The summed E-state index contributed by atoms with van der Waals surface area (Å²) in [6.07, 6.45) is 0. The zero-order chi connectivity index (χ0) is 14.7. The highest BCUT2D eigenvalue weighted by molar-refractivity contribution is 8.13. The van der Waals surface area contributed by atoms with E-state index in [1.165, 1.54) is 12.1 Å². The second-order valence-electron chi connectivity index (χ2n) is 2.52. The Balaban J connectivity index is 0.000000494. The van der Waals surface area contributed by atoms with Gasteiger partial charge in [0.15, 0.2) is 0 Å². The second-order valence-corrected chi connectivity index (χ2v) is 8.22. The number of halogens is 5. The lowest BCUT2D eigenvalue weighted by atomic mass is 10.4. The topological polar surface area (TPSA) is 88.5 Å². The van der Waals surface area contributed by atoms with Gasteiger partial charge < -0.3 is 0 Å². The molecule has 0 heterocycles. The van der Waals surface area contributed by atoms with Crippen molar-refractivity contribution in [2.75, 3.05) is 0 Å². The minimum absolute atomic E-state index is 0.0231. The molecule has 0 amide bonds. The van der Waals surface area contributed by atoms with E-state index in [2.05, 4.69) is 10.7 Å². The largest absolute Gasteiger partial charge is 0.353 e. The summed E-state index contributed by atoms with van der Waals surface area (Å²) in [7, 11) is 1.06. The van der Waals surface area contributed by atoms with Gasteiger partial charge in [-0.3, -0.25) is 4.55 Å². The minimum atomic E-state index is -4.19. The molecular formula is C6H3Cl5O5S2. The highest BCUT2D eigenvalue weighted by Gasteiger charge is 2.18. The van der Waals surface area contributed by atoms with Crippen molar-refractivity contribution in [2.24, 2.45) is 0 Å². The van der Waals surface area contributed by atoms with E-state index in [1.54, 1.807) is 0 Å². The van der Waals surface area contributed by atoms with Gasteiger partial charge in [0, 0.05) is 21.4 Å². The average Bonchev–Trinajstić information content (AvgIpc) is 2.09. The molecule has 0 saturated heterocycles. The zero-order valence-electron chi connectivity index (χ0n) is 7.94. The average molecular weight is 396 g/mol. The molecule has 0 aliphatic carbocycles. The van der Waals surface area contributed by atoms with Crippen LogP contribution in [0.2, 0.25) is 15.1 Å². The fraction of sp³-hybridized carbons (Fsp3) is 0. The Morgan fingerprint density at radius 2 is 1.28 bits per heavy atom. The summed E-state index contributed by atoms with van der Waals surface area (Å²) >= 11 is 16.8. The first-order chi connectivity index (χ1) is 7.84. The van der Waals surface area contributed by atoms with Gasteiger partial charge in [0.1, 0.15) is 4.90 Å². The van der Waals surface area contributed by atoms with Gasteiger partial charge in [-0.25, -0.2) is 8.42 Å². The molecule has 0 saturated carbocycles. The van der Waals surface area contributed by atoms with Crippen LogP contribution in [-0.4, -0.2) is 21.4 Å². The molecule has 5 nitrogen and oxygen atoms in total. The molecule has 0 spiro atoms. The van der Waals surface area contributed by atoms with Crippen molar-refractivity contribution in [3.05, 3.63) is 27.2 Å². The van der Waals surface area contributed by atoms with Gasteiger partial charge in [-0.05, 0) is 12.1 Å². The van der Waals surface area contributed by atoms with Crippen molar-refractivity contribution in [3.8, 4) is 0 Å². The molecule has 18 heavy (non-hydrogen) atoms. The lowest BCUT2D eigenvalue weighted by Gasteiger charge is -2.02. The van der Waals surface area contributed by atoms with E-state index in [9.17, 15) is 8.42 Å². The zero-order valence-corrected chi connectivity index (χ0v) is 13.4. The Labute approximate surface area is 127 Å². The van der Waals surface area contributed by atoms with Crippen molar-refractivity contribution in [3.63, 3.8) is 0 Å². The first-order valence-electron chi connectivity index (χ1n) is 3.59. The third-order valence-electron chi connectivity index (χ3n) is 1.26. The Bertz CT molecular complexity index is 631. The van der Waals surface area contributed by atoms with Gasteiger partial charge in [-0.1, -0.05) is 34.8 Å². The van der Waals surface area contributed by atoms with Gasteiger partial charge >= 0.3 is 9.33 Å². The first-order valence-corrected chi connectivity index (χ1v) is 9.30. The lowest BCUT2D eigenvalue weighted by Crippen LogP contribution is -1.92. The fourth-order valence-corrected chi connectivity index (χ4v) is 2.64. The van der Waals surface area contributed by atoms with Gasteiger partial charge in [0.25, 0.3) is 9.05 Å². The third kappa shape index (κ3) is 7.20. The number of hydrogen-bond acceptors (Lipinski definition) is 4. The smallest absolute Gasteiger partial charge is 0.273 e. The lowest BCUT2D eigenvalue weighted by molar-refractivity contribution is 0.501. The predicted octanol–water partition coefficient (Wildman–Crippen LogP) is 3.60. The van der Waals surface area contributed by atoms with Crippen LogP contribution in [0.1, 0.15) is 0 Å².